The normalized spacial score (nSPS) is 14.4. The third-order valence-corrected chi connectivity index (χ3v) is 6.57. The van der Waals surface area contributed by atoms with Crippen LogP contribution in [0, 0.1) is 12.7 Å². The predicted molar refractivity (Wildman–Crippen MR) is 130 cm³/mol. The molecule has 0 atom stereocenters. The summed E-state index contributed by atoms with van der Waals surface area (Å²) in [5.74, 6) is 1.28. The van der Waals surface area contributed by atoms with Gasteiger partial charge in [0.05, 0.1) is 11.4 Å². The highest BCUT2D eigenvalue weighted by Gasteiger charge is 2.28. The molecule has 1 saturated heterocycles. The Bertz CT molecular complexity index is 1320. The molecule has 0 spiro atoms. The summed E-state index contributed by atoms with van der Waals surface area (Å²) in [6, 6.07) is 16.8. The molecule has 2 aromatic heterocycles. The zero-order chi connectivity index (χ0) is 24.4. The maximum absolute atomic E-state index is 13.8. The fraction of sp³-hybridized carbons (Fsp3) is 0.333. The van der Waals surface area contributed by atoms with E-state index in [0.717, 1.165) is 36.1 Å². The van der Waals surface area contributed by atoms with E-state index < -0.39 is 0 Å². The van der Waals surface area contributed by atoms with Crippen molar-refractivity contribution in [2.45, 2.75) is 45.6 Å². The second kappa shape index (κ2) is 9.82. The van der Waals surface area contributed by atoms with Crippen LogP contribution < -0.4 is 0 Å². The van der Waals surface area contributed by atoms with Gasteiger partial charge in [-0.3, -0.25) is 9.48 Å². The molecule has 7 nitrogen and oxygen atoms in total. The van der Waals surface area contributed by atoms with Crippen molar-refractivity contribution < 1.29 is 13.6 Å². The Balaban J connectivity index is 1.34. The van der Waals surface area contributed by atoms with Gasteiger partial charge >= 0.3 is 0 Å². The summed E-state index contributed by atoms with van der Waals surface area (Å²) in [4.78, 5) is 15.1. The molecular formula is C27H28FN5O2. The van der Waals surface area contributed by atoms with Gasteiger partial charge in [-0.15, -0.1) is 10.2 Å². The van der Waals surface area contributed by atoms with Crippen molar-refractivity contribution in [1.29, 1.82) is 0 Å². The number of rotatable bonds is 6. The third kappa shape index (κ3) is 4.87. The maximum Gasteiger partial charge on any atom is 0.244 e. The fourth-order valence-corrected chi connectivity index (χ4v) is 4.50. The van der Waals surface area contributed by atoms with Gasteiger partial charge in [-0.1, -0.05) is 37.3 Å². The molecule has 0 radical (unpaired) electrons. The van der Waals surface area contributed by atoms with E-state index in [2.05, 4.69) is 10.2 Å². The number of piperidine rings is 1. The van der Waals surface area contributed by atoms with Crippen LogP contribution in [0.15, 0.2) is 59.0 Å². The van der Waals surface area contributed by atoms with Gasteiger partial charge in [-0.2, -0.15) is 5.10 Å². The van der Waals surface area contributed by atoms with Crippen LogP contribution in [0.25, 0.3) is 22.5 Å². The number of amides is 1. The second-order valence-electron chi connectivity index (χ2n) is 8.95. The van der Waals surface area contributed by atoms with Gasteiger partial charge < -0.3 is 9.32 Å². The van der Waals surface area contributed by atoms with E-state index in [1.807, 2.05) is 48.2 Å². The van der Waals surface area contributed by atoms with Crippen LogP contribution in [0.3, 0.4) is 0 Å². The molecule has 1 fully saturated rings. The van der Waals surface area contributed by atoms with E-state index in [9.17, 15) is 9.18 Å². The fourth-order valence-electron chi connectivity index (χ4n) is 4.50. The number of nitrogens with zero attached hydrogens (tertiary/aromatic N) is 5. The van der Waals surface area contributed by atoms with E-state index in [4.69, 9.17) is 9.52 Å². The molecule has 0 aliphatic carbocycles. The minimum Gasteiger partial charge on any atom is -0.425 e. The van der Waals surface area contributed by atoms with E-state index in [1.165, 1.54) is 6.07 Å². The van der Waals surface area contributed by atoms with Crippen molar-refractivity contribution in [2.75, 3.05) is 13.1 Å². The van der Waals surface area contributed by atoms with Crippen LogP contribution in [-0.4, -0.2) is 43.9 Å². The number of benzene rings is 2. The molecule has 4 aromatic rings. The molecule has 1 aliphatic rings. The first-order valence-electron chi connectivity index (χ1n) is 12.0. The lowest BCUT2D eigenvalue weighted by Gasteiger charge is -2.30. The van der Waals surface area contributed by atoms with Gasteiger partial charge in [0.1, 0.15) is 12.4 Å². The van der Waals surface area contributed by atoms with Crippen molar-refractivity contribution in [3.05, 3.63) is 77.8 Å². The summed E-state index contributed by atoms with van der Waals surface area (Å²) in [6.07, 6.45) is 2.31. The molecule has 1 amide bonds. The van der Waals surface area contributed by atoms with Crippen molar-refractivity contribution in [2.24, 2.45) is 0 Å². The molecule has 3 heterocycles. The SMILES string of the molecule is CCc1nnc(C2CCN(C(=O)Cn3nc(-c4ccc(F)c(C)c4)cc3-c3ccccc3)CC2)o1. The number of halogens is 1. The first-order valence-corrected chi connectivity index (χ1v) is 12.0. The molecule has 1 aliphatic heterocycles. The molecule has 0 unspecified atom stereocenters. The van der Waals surface area contributed by atoms with E-state index in [1.54, 1.807) is 23.7 Å². The quantitative estimate of drug-likeness (QED) is 0.393. The Morgan fingerprint density at radius 2 is 1.83 bits per heavy atom. The van der Waals surface area contributed by atoms with Crippen molar-refractivity contribution in [3.63, 3.8) is 0 Å². The molecular weight excluding hydrogens is 445 g/mol. The first kappa shape index (κ1) is 23.0. The van der Waals surface area contributed by atoms with Gasteiger partial charge in [0, 0.05) is 31.0 Å². The van der Waals surface area contributed by atoms with Gasteiger partial charge in [-0.05, 0) is 55.2 Å². The number of carbonyl (C=O) groups excluding carboxylic acids is 1. The van der Waals surface area contributed by atoms with E-state index in [0.29, 0.717) is 36.1 Å². The van der Waals surface area contributed by atoms with Crippen molar-refractivity contribution in [3.8, 4) is 22.5 Å². The standard InChI is InChI=1S/C27H28FN5O2/c1-3-25-29-30-27(35-25)20-11-13-32(14-12-20)26(34)17-33-24(19-7-5-4-6-8-19)16-23(31-33)21-9-10-22(28)18(2)15-21/h4-10,15-16,20H,3,11-14,17H2,1-2H3. The van der Waals surface area contributed by atoms with E-state index in [-0.39, 0.29) is 24.2 Å². The molecule has 0 saturated carbocycles. The lowest BCUT2D eigenvalue weighted by Crippen LogP contribution is -2.40. The molecule has 2 aromatic carbocycles. The second-order valence-corrected chi connectivity index (χ2v) is 8.95. The highest BCUT2D eigenvalue weighted by molar-refractivity contribution is 5.78. The Kier molecular flexibility index (Phi) is 6.44. The lowest BCUT2D eigenvalue weighted by atomic mass is 9.97. The van der Waals surface area contributed by atoms with Crippen LogP contribution in [0.5, 0.6) is 0 Å². The maximum atomic E-state index is 13.8. The van der Waals surface area contributed by atoms with Gasteiger partial charge in [-0.25, -0.2) is 4.39 Å². The molecule has 8 heteroatoms. The van der Waals surface area contributed by atoms with Crippen LogP contribution in [0.2, 0.25) is 0 Å². The highest BCUT2D eigenvalue weighted by atomic mass is 19.1. The minimum atomic E-state index is -0.249. The van der Waals surface area contributed by atoms with Gasteiger partial charge in [0.25, 0.3) is 0 Å². The largest absolute Gasteiger partial charge is 0.425 e. The smallest absolute Gasteiger partial charge is 0.244 e. The van der Waals surface area contributed by atoms with Crippen molar-refractivity contribution in [1.82, 2.24) is 24.9 Å². The number of hydrogen-bond donors (Lipinski definition) is 0. The summed E-state index contributed by atoms with van der Waals surface area (Å²) < 4.78 is 21.3. The van der Waals surface area contributed by atoms with Crippen LogP contribution >= 0.6 is 0 Å². The Hall–Kier alpha value is -3.81. The average Bonchev–Trinajstić information content (AvgIpc) is 3.54. The first-order chi connectivity index (χ1) is 17.0. The van der Waals surface area contributed by atoms with E-state index >= 15 is 0 Å². The Morgan fingerprint density at radius 3 is 2.51 bits per heavy atom. The number of carbonyl (C=O) groups is 1. The number of aryl methyl sites for hydroxylation is 2. The van der Waals surface area contributed by atoms with Crippen LogP contribution in [0.1, 0.15) is 43.0 Å². The molecule has 180 valence electrons. The topological polar surface area (TPSA) is 77.1 Å². The summed E-state index contributed by atoms with van der Waals surface area (Å²) in [5.41, 5.74) is 3.91. The molecule has 5 rings (SSSR count). The zero-order valence-electron chi connectivity index (χ0n) is 19.9. The summed E-state index contributed by atoms with van der Waals surface area (Å²) >= 11 is 0. The Labute approximate surface area is 203 Å². The lowest BCUT2D eigenvalue weighted by molar-refractivity contribution is -0.133. The number of aromatic nitrogens is 4. The average molecular weight is 474 g/mol. The third-order valence-electron chi connectivity index (χ3n) is 6.57. The minimum absolute atomic E-state index is 0.0188. The molecule has 0 N–H and O–H groups in total. The van der Waals surface area contributed by atoms with Gasteiger partial charge in [0.2, 0.25) is 17.7 Å². The highest BCUT2D eigenvalue weighted by Crippen LogP contribution is 2.29. The van der Waals surface area contributed by atoms with Gasteiger partial charge in [0.15, 0.2) is 0 Å². The van der Waals surface area contributed by atoms with Crippen LogP contribution in [-0.2, 0) is 17.8 Å². The monoisotopic (exact) mass is 473 g/mol. The summed E-state index contributed by atoms with van der Waals surface area (Å²) in [5, 5.41) is 13.0. The summed E-state index contributed by atoms with van der Waals surface area (Å²) in [6.45, 7) is 5.13. The van der Waals surface area contributed by atoms with Crippen LogP contribution in [0.4, 0.5) is 4.39 Å². The predicted octanol–water partition coefficient (Wildman–Crippen LogP) is 5.02. The zero-order valence-corrected chi connectivity index (χ0v) is 19.9. The summed E-state index contributed by atoms with van der Waals surface area (Å²) in [7, 11) is 0. The molecule has 35 heavy (non-hydrogen) atoms. The Morgan fingerprint density at radius 1 is 1.06 bits per heavy atom. The number of hydrogen-bond acceptors (Lipinski definition) is 5. The molecule has 0 bridgehead atoms. The number of likely N-dealkylation sites (tertiary alicyclic amines) is 1. The van der Waals surface area contributed by atoms with Crippen molar-refractivity contribution >= 4 is 5.91 Å².